The van der Waals surface area contributed by atoms with Crippen LogP contribution in [0.3, 0.4) is 0 Å². The van der Waals surface area contributed by atoms with Crippen molar-refractivity contribution in [2.75, 3.05) is 12.8 Å². The Morgan fingerprint density at radius 1 is 1.30 bits per heavy atom. The lowest BCUT2D eigenvalue weighted by molar-refractivity contribution is 0.415. The molecule has 0 aliphatic rings. The van der Waals surface area contributed by atoms with Crippen molar-refractivity contribution < 1.29 is 4.74 Å². The highest BCUT2D eigenvalue weighted by Gasteiger charge is 2.11. The molecule has 2 aromatic heterocycles. The summed E-state index contributed by atoms with van der Waals surface area (Å²) in [4.78, 5) is 8.78. The number of hydrogen-bond donors (Lipinski definition) is 1. The van der Waals surface area contributed by atoms with Crippen LogP contribution in [0.1, 0.15) is 11.3 Å². The van der Waals surface area contributed by atoms with Gasteiger partial charge in [-0.1, -0.05) is 6.07 Å². The van der Waals surface area contributed by atoms with Gasteiger partial charge in [-0.05, 0) is 30.7 Å². The lowest BCUT2D eigenvalue weighted by Gasteiger charge is -2.08. The highest BCUT2D eigenvalue weighted by molar-refractivity contribution is 5.80. The molecule has 0 spiro atoms. The maximum absolute atomic E-state index is 6.03. The summed E-state index contributed by atoms with van der Waals surface area (Å²) in [6.45, 7) is 2.64. The second-order valence-corrected chi connectivity index (χ2v) is 4.68. The number of nitrogens with two attached hydrogens (primary N) is 1. The zero-order valence-electron chi connectivity index (χ0n) is 11.5. The minimum Gasteiger partial charge on any atom is -0.497 e. The Kier molecular flexibility index (Phi) is 3.02. The Morgan fingerprint density at radius 3 is 2.90 bits per heavy atom. The number of aryl methyl sites for hydroxylation is 1. The van der Waals surface area contributed by atoms with Crippen molar-refractivity contribution in [1.82, 2.24) is 14.5 Å². The normalized spacial score (nSPS) is 10.9. The maximum Gasteiger partial charge on any atom is 0.201 e. The zero-order chi connectivity index (χ0) is 14.1. The van der Waals surface area contributed by atoms with Crippen molar-refractivity contribution in [1.29, 1.82) is 0 Å². The van der Waals surface area contributed by atoms with E-state index in [1.807, 2.05) is 41.8 Å². The van der Waals surface area contributed by atoms with E-state index in [1.54, 1.807) is 13.3 Å². The molecule has 0 saturated heterocycles. The first kappa shape index (κ1) is 12.5. The molecular formula is C15H16N4O. The lowest BCUT2D eigenvalue weighted by Crippen LogP contribution is -2.07. The monoisotopic (exact) mass is 268 g/mol. The van der Waals surface area contributed by atoms with E-state index in [2.05, 4.69) is 9.97 Å². The number of rotatable bonds is 3. The van der Waals surface area contributed by atoms with Crippen LogP contribution in [-0.4, -0.2) is 21.6 Å². The summed E-state index contributed by atoms with van der Waals surface area (Å²) in [5.74, 6) is 1.27. The molecule has 1 aromatic carbocycles. The van der Waals surface area contributed by atoms with Crippen molar-refractivity contribution in [3.8, 4) is 5.75 Å². The highest BCUT2D eigenvalue weighted by atomic mass is 16.5. The van der Waals surface area contributed by atoms with E-state index in [0.29, 0.717) is 12.5 Å². The molecule has 102 valence electrons. The van der Waals surface area contributed by atoms with Crippen LogP contribution in [0.25, 0.3) is 11.0 Å². The summed E-state index contributed by atoms with van der Waals surface area (Å²) < 4.78 is 7.21. The standard InChI is InChI=1S/C15H16N4O/c1-10-4-3-7-17-13(10)9-19-14-8-11(20-2)5-6-12(14)18-15(19)16/h3-8H,9H2,1-2H3,(H2,16,18). The molecule has 2 N–H and O–H groups in total. The molecule has 0 amide bonds. The van der Waals surface area contributed by atoms with Crippen molar-refractivity contribution in [3.05, 3.63) is 47.8 Å². The molecule has 0 radical (unpaired) electrons. The third kappa shape index (κ3) is 2.07. The van der Waals surface area contributed by atoms with Gasteiger partial charge in [0.2, 0.25) is 5.95 Å². The van der Waals surface area contributed by atoms with Crippen LogP contribution in [-0.2, 0) is 6.54 Å². The molecule has 20 heavy (non-hydrogen) atoms. The number of ether oxygens (including phenoxy) is 1. The predicted octanol–water partition coefficient (Wildman–Crippen LogP) is 2.38. The molecule has 0 aliphatic carbocycles. The van der Waals surface area contributed by atoms with Gasteiger partial charge >= 0.3 is 0 Å². The summed E-state index contributed by atoms with van der Waals surface area (Å²) in [7, 11) is 1.65. The van der Waals surface area contributed by atoms with Gasteiger partial charge in [-0.25, -0.2) is 4.98 Å². The molecule has 3 aromatic rings. The summed E-state index contributed by atoms with van der Waals surface area (Å²) in [6.07, 6.45) is 1.79. The van der Waals surface area contributed by atoms with E-state index in [4.69, 9.17) is 10.5 Å². The van der Waals surface area contributed by atoms with Crippen LogP contribution in [0.4, 0.5) is 5.95 Å². The van der Waals surface area contributed by atoms with E-state index in [-0.39, 0.29) is 0 Å². The summed E-state index contributed by atoms with van der Waals surface area (Å²) in [5.41, 5.74) is 9.96. The quantitative estimate of drug-likeness (QED) is 0.792. The number of imidazole rings is 1. The summed E-state index contributed by atoms with van der Waals surface area (Å²) >= 11 is 0. The van der Waals surface area contributed by atoms with Gasteiger partial charge in [0.05, 0.1) is 30.4 Å². The van der Waals surface area contributed by atoms with Crippen LogP contribution in [0.2, 0.25) is 0 Å². The fourth-order valence-corrected chi connectivity index (χ4v) is 2.25. The SMILES string of the molecule is COc1ccc2nc(N)n(Cc3ncccc3C)c2c1. The third-order valence-electron chi connectivity index (χ3n) is 3.41. The molecule has 0 unspecified atom stereocenters. The summed E-state index contributed by atoms with van der Waals surface area (Å²) in [6, 6.07) is 9.70. The number of methoxy groups -OCH3 is 1. The molecule has 0 bridgehead atoms. The Hall–Kier alpha value is -2.56. The van der Waals surface area contributed by atoms with Crippen molar-refractivity contribution in [2.45, 2.75) is 13.5 Å². The molecule has 0 fully saturated rings. The first-order valence-corrected chi connectivity index (χ1v) is 6.39. The topological polar surface area (TPSA) is 66.0 Å². The number of benzene rings is 1. The van der Waals surface area contributed by atoms with E-state index >= 15 is 0 Å². The second kappa shape index (κ2) is 4.85. The molecule has 5 nitrogen and oxygen atoms in total. The number of hydrogen-bond acceptors (Lipinski definition) is 4. The molecular weight excluding hydrogens is 252 g/mol. The van der Waals surface area contributed by atoms with E-state index in [0.717, 1.165) is 28.0 Å². The smallest absolute Gasteiger partial charge is 0.201 e. The van der Waals surface area contributed by atoms with Crippen molar-refractivity contribution in [3.63, 3.8) is 0 Å². The molecule has 5 heteroatoms. The molecule has 0 atom stereocenters. The number of aromatic nitrogens is 3. The van der Waals surface area contributed by atoms with Crippen molar-refractivity contribution in [2.24, 2.45) is 0 Å². The van der Waals surface area contributed by atoms with Crippen LogP contribution in [0.15, 0.2) is 36.5 Å². The fraction of sp³-hybridized carbons (Fsp3) is 0.200. The Balaban J connectivity index is 2.11. The lowest BCUT2D eigenvalue weighted by atomic mass is 10.2. The second-order valence-electron chi connectivity index (χ2n) is 4.68. The number of anilines is 1. The van der Waals surface area contributed by atoms with Crippen LogP contribution >= 0.6 is 0 Å². The van der Waals surface area contributed by atoms with Gasteiger partial charge < -0.3 is 15.0 Å². The number of fused-ring (bicyclic) bond motifs is 1. The molecule has 3 rings (SSSR count). The minimum atomic E-state index is 0.485. The van der Waals surface area contributed by atoms with Gasteiger partial charge in [0, 0.05) is 12.3 Å². The average molecular weight is 268 g/mol. The van der Waals surface area contributed by atoms with Gasteiger partial charge in [-0.2, -0.15) is 0 Å². The average Bonchev–Trinajstić information content (AvgIpc) is 2.77. The first-order valence-electron chi connectivity index (χ1n) is 6.39. The van der Waals surface area contributed by atoms with E-state index in [1.165, 1.54) is 0 Å². The van der Waals surface area contributed by atoms with Crippen LogP contribution in [0.5, 0.6) is 5.75 Å². The van der Waals surface area contributed by atoms with Gasteiger partial charge in [-0.3, -0.25) is 4.98 Å². The predicted molar refractivity (Wildman–Crippen MR) is 78.8 cm³/mol. The number of nitrogen functional groups attached to an aromatic ring is 1. The van der Waals surface area contributed by atoms with E-state index in [9.17, 15) is 0 Å². The molecule has 0 saturated carbocycles. The molecule has 0 aliphatic heterocycles. The minimum absolute atomic E-state index is 0.485. The highest BCUT2D eigenvalue weighted by Crippen LogP contribution is 2.24. The third-order valence-corrected chi connectivity index (χ3v) is 3.41. The fourth-order valence-electron chi connectivity index (χ4n) is 2.25. The first-order chi connectivity index (χ1) is 9.69. The Labute approximate surface area is 117 Å². The largest absolute Gasteiger partial charge is 0.497 e. The van der Waals surface area contributed by atoms with Gasteiger partial charge in [0.1, 0.15) is 5.75 Å². The maximum atomic E-state index is 6.03. The molecule has 2 heterocycles. The Bertz CT molecular complexity index is 764. The zero-order valence-corrected chi connectivity index (χ0v) is 11.5. The van der Waals surface area contributed by atoms with Gasteiger partial charge in [0.25, 0.3) is 0 Å². The van der Waals surface area contributed by atoms with Gasteiger partial charge in [0.15, 0.2) is 0 Å². The summed E-state index contributed by atoms with van der Waals surface area (Å²) in [5, 5.41) is 0. The van der Waals surface area contributed by atoms with Crippen molar-refractivity contribution >= 4 is 17.0 Å². The van der Waals surface area contributed by atoms with Crippen LogP contribution in [0, 0.1) is 6.92 Å². The number of pyridine rings is 1. The number of nitrogens with zero attached hydrogens (tertiary/aromatic N) is 3. The van der Waals surface area contributed by atoms with E-state index < -0.39 is 0 Å². The van der Waals surface area contributed by atoms with Gasteiger partial charge in [-0.15, -0.1) is 0 Å². The Morgan fingerprint density at radius 2 is 2.15 bits per heavy atom. The van der Waals surface area contributed by atoms with Crippen LogP contribution < -0.4 is 10.5 Å².